The average Bonchev–Trinajstić information content (AvgIpc) is 2.18. The molecule has 0 fully saturated rings. The molecule has 1 atom stereocenters. The Kier molecular flexibility index (Phi) is 4.16. The second-order valence-corrected chi connectivity index (χ2v) is 3.63. The SMILES string of the molecule is CCC[C@H](C)OC(=O)c1cccc(N)c1. The molecule has 1 aromatic rings. The van der Waals surface area contributed by atoms with Crippen LogP contribution >= 0.6 is 0 Å². The third-order valence-corrected chi connectivity index (χ3v) is 2.13. The van der Waals surface area contributed by atoms with Gasteiger partial charge in [0.1, 0.15) is 0 Å². The second-order valence-electron chi connectivity index (χ2n) is 3.63. The normalized spacial score (nSPS) is 12.1. The predicted molar refractivity (Wildman–Crippen MR) is 60.6 cm³/mol. The highest BCUT2D eigenvalue weighted by Crippen LogP contribution is 2.10. The van der Waals surface area contributed by atoms with Gasteiger partial charge in [-0.2, -0.15) is 0 Å². The number of hydrogen-bond acceptors (Lipinski definition) is 3. The molecule has 2 N–H and O–H groups in total. The van der Waals surface area contributed by atoms with Gasteiger partial charge in [-0.25, -0.2) is 4.79 Å². The van der Waals surface area contributed by atoms with Crippen molar-refractivity contribution in [2.24, 2.45) is 0 Å². The van der Waals surface area contributed by atoms with Crippen LogP contribution in [0.25, 0.3) is 0 Å². The highest BCUT2D eigenvalue weighted by atomic mass is 16.5. The molecular weight excluding hydrogens is 190 g/mol. The summed E-state index contributed by atoms with van der Waals surface area (Å²) in [4.78, 5) is 11.6. The number of nitrogens with two attached hydrogens (primary N) is 1. The molecule has 3 heteroatoms. The van der Waals surface area contributed by atoms with Crippen LogP contribution in [-0.2, 0) is 4.74 Å². The summed E-state index contributed by atoms with van der Waals surface area (Å²) in [7, 11) is 0. The Morgan fingerprint density at radius 2 is 2.27 bits per heavy atom. The molecule has 0 aliphatic heterocycles. The molecule has 1 aromatic carbocycles. The van der Waals surface area contributed by atoms with Crippen molar-refractivity contribution in [2.75, 3.05) is 5.73 Å². The number of carbonyl (C=O) groups is 1. The van der Waals surface area contributed by atoms with Gasteiger partial charge in [0.25, 0.3) is 0 Å². The Morgan fingerprint density at radius 3 is 2.87 bits per heavy atom. The number of rotatable bonds is 4. The fraction of sp³-hybridized carbons (Fsp3) is 0.417. The van der Waals surface area contributed by atoms with Crippen LogP contribution < -0.4 is 5.73 Å². The van der Waals surface area contributed by atoms with Gasteiger partial charge in [0.05, 0.1) is 11.7 Å². The van der Waals surface area contributed by atoms with E-state index in [1.807, 2.05) is 6.92 Å². The van der Waals surface area contributed by atoms with Crippen LogP contribution in [0.2, 0.25) is 0 Å². The molecule has 0 aromatic heterocycles. The van der Waals surface area contributed by atoms with Crippen molar-refractivity contribution in [3.63, 3.8) is 0 Å². The molecule has 0 aliphatic rings. The Labute approximate surface area is 90.2 Å². The van der Waals surface area contributed by atoms with E-state index in [2.05, 4.69) is 6.92 Å². The van der Waals surface area contributed by atoms with Crippen LogP contribution in [0.1, 0.15) is 37.0 Å². The highest BCUT2D eigenvalue weighted by Gasteiger charge is 2.10. The number of anilines is 1. The zero-order valence-electron chi connectivity index (χ0n) is 9.19. The van der Waals surface area contributed by atoms with E-state index in [-0.39, 0.29) is 12.1 Å². The van der Waals surface area contributed by atoms with Crippen molar-refractivity contribution < 1.29 is 9.53 Å². The lowest BCUT2D eigenvalue weighted by molar-refractivity contribution is 0.0323. The first kappa shape index (κ1) is 11.6. The molecule has 0 unspecified atom stereocenters. The van der Waals surface area contributed by atoms with Gasteiger partial charge in [0.15, 0.2) is 0 Å². The number of carbonyl (C=O) groups excluding carboxylic acids is 1. The maximum absolute atomic E-state index is 11.6. The summed E-state index contributed by atoms with van der Waals surface area (Å²) in [5.41, 5.74) is 6.67. The molecule has 82 valence electrons. The molecule has 0 bridgehead atoms. The van der Waals surface area contributed by atoms with Crippen LogP contribution in [0.4, 0.5) is 5.69 Å². The maximum atomic E-state index is 11.6. The molecule has 0 saturated carbocycles. The summed E-state index contributed by atoms with van der Waals surface area (Å²) in [5, 5.41) is 0. The van der Waals surface area contributed by atoms with Gasteiger partial charge in [-0.3, -0.25) is 0 Å². The molecule has 0 spiro atoms. The Morgan fingerprint density at radius 1 is 1.53 bits per heavy atom. The predicted octanol–water partition coefficient (Wildman–Crippen LogP) is 2.61. The van der Waals surface area contributed by atoms with Crippen LogP contribution in [0.15, 0.2) is 24.3 Å². The zero-order valence-corrected chi connectivity index (χ0v) is 9.19. The molecule has 0 radical (unpaired) electrons. The van der Waals surface area contributed by atoms with Crippen LogP contribution in [0, 0.1) is 0 Å². The number of hydrogen-bond donors (Lipinski definition) is 1. The average molecular weight is 207 g/mol. The molecule has 1 rings (SSSR count). The number of benzene rings is 1. The first-order valence-electron chi connectivity index (χ1n) is 5.20. The van der Waals surface area contributed by atoms with E-state index in [4.69, 9.17) is 10.5 Å². The number of nitrogen functional groups attached to an aromatic ring is 1. The molecule has 0 amide bonds. The standard InChI is InChI=1S/C12H17NO2/c1-3-5-9(2)15-12(14)10-6-4-7-11(13)8-10/h4,6-9H,3,5,13H2,1-2H3/t9-/m0/s1. The summed E-state index contributed by atoms with van der Waals surface area (Å²) >= 11 is 0. The molecule has 0 heterocycles. The van der Waals surface area contributed by atoms with Gasteiger partial charge >= 0.3 is 5.97 Å². The van der Waals surface area contributed by atoms with Gasteiger partial charge < -0.3 is 10.5 Å². The van der Waals surface area contributed by atoms with Crippen LogP contribution in [0.3, 0.4) is 0 Å². The lowest BCUT2D eigenvalue weighted by Gasteiger charge is -2.12. The third-order valence-electron chi connectivity index (χ3n) is 2.13. The zero-order chi connectivity index (χ0) is 11.3. The smallest absolute Gasteiger partial charge is 0.338 e. The minimum Gasteiger partial charge on any atom is -0.459 e. The Bertz CT molecular complexity index is 336. The van der Waals surface area contributed by atoms with Crippen LogP contribution in [0.5, 0.6) is 0 Å². The molecule has 15 heavy (non-hydrogen) atoms. The van der Waals surface area contributed by atoms with Crippen molar-refractivity contribution in [3.05, 3.63) is 29.8 Å². The number of esters is 1. The molecule has 0 aliphatic carbocycles. The minimum atomic E-state index is -0.303. The maximum Gasteiger partial charge on any atom is 0.338 e. The fourth-order valence-corrected chi connectivity index (χ4v) is 1.38. The van der Waals surface area contributed by atoms with E-state index < -0.39 is 0 Å². The lowest BCUT2D eigenvalue weighted by Crippen LogP contribution is -2.14. The molecular formula is C12H17NO2. The van der Waals surface area contributed by atoms with Crippen LogP contribution in [-0.4, -0.2) is 12.1 Å². The summed E-state index contributed by atoms with van der Waals surface area (Å²) in [6, 6.07) is 6.82. The lowest BCUT2D eigenvalue weighted by atomic mass is 10.2. The molecule has 3 nitrogen and oxygen atoms in total. The first-order valence-corrected chi connectivity index (χ1v) is 5.20. The third kappa shape index (κ3) is 3.62. The highest BCUT2D eigenvalue weighted by molar-refractivity contribution is 5.90. The second kappa shape index (κ2) is 5.39. The molecule has 0 saturated heterocycles. The van der Waals surface area contributed by atoms with Crippen molar-refractivity contribution in [2.45, 2.75) is 32.8 Å². The van der Waals surface area contributed by atoms with E-state index in [0.717, 1.165) is 12.8 Å². The Balaban J connectivity index is 2.61. The van der Waals surface area contributed by atoms with Gasteiger partial charge in [-0.15, -0.1) is 0 Å². The first-order chi connectivity index (χ1) is 7.13. The van der Waals surface area contributed by atoms with E-state index in [1.165, 1.54) is 0 Å². The monoisotopic (exact) mass is 207 g/mol. The Hall–Kier alpha value is -1.51. The summed E-state index contributed by atoms with van der Waals surface area (Å²) in [6.45, 7) is 3.96. The topological polar surface area (TPSA) is 52.3 Å². The number of ether oxygens (including phenoxy) is 1. The quantitative estimate of drug-likeness (QED) is 0.610. The van der Waals surface area contributed by atoms with Gasteiger partial charge in [-0.1, -0.05) is 19.4 Å². The van der Waals surface area contributed by atoms with Gasteiger partial charge in [0.2, 0.25) is 0 Å². The van der Waals surface area contributed by atoms with E-state index in [9.17, 15) is 4.79 Å². The van der Waals surface area contributed by atoms with Crippen molar-refractivity contribution >= 4 is 11.7 Å². The largest absolute Gasteiger partial charge is 0.459 e. The summed E-state index contributed by atoms with van der Waals surface area (Å²) in [6.07, 6.45) is 1.85. The van der Waals surface area contributed by atoms with E-state index >= 15 is 0 Å². The van der Waals surface area contributed by atoms with Crippen molar-refractivity contribution in [1.82, 2.24) is 0 Å². The summed E-state index contributed by atoms with van der Waals surface area (Å²) < 4.78 is 5.24. The fourth-order valence-electron chi connectivity index (χ4n) is 1.38. The minimum absolute atomic E-state index is 0.0380. The summed E-state index contributed by atoms with van der Waals surface area (Å²) in [5.74, 6) is -0.303. The van der Waals surface area contributed by atoms with Crippen molar-refractivity contribution in [3.8, 4) is 0 Å². The van der Waals surface area contributed by atoms with E-state index in [1.54, 1.807) is 24.3 Å². The van der Waals surface area contributed by atoms with Gasteiger partial charge in [-0.05, 0) is 31.5 Å². The van der Waals surface area contributed by atoms with Gasteiger partial charge in [0, 0.05) is 5.69 Å². The van der Waals surface area contributed by atoms with E-state index in [0.29, 0.717) is 11.3 Å². The van der Waals surface area contributed by atoms with Crippen molar-refractivity contribution in [1.29, 1.82) is 0 Å².